The highest BCUT2D eigenvalue weighted by Gasteiger charge is 2.32. The summed E-state index contributed by atoms with van der Waals surface area (Å²) < 4.78 is 11.1. The highest BCUT2D eigenvalue weighted by Crippen LogP contribution is 2.34. The molecule has 0 atom stereocenters. The van der Waals surface area contributed by atoms with Crippen molar-refractivity contribution in [2.75, 3.05) is 39.5 Å². The van der Waals surface area contributed by atoms with Crippen LogP contribution in [0.15, 0.2) is 4.99 Å². The largest absolute Gasteiger partial charge is 0.378 e. The molecule has 1 saturated carbocycles. The number of nitrogens with zero attached hydrogens (tertiary/aromatic N) is 2. The van der Waals surface area contributed by atoms with Crippen molar-refractivity contribution in [1.29, 1.82) is 0 Å². The molecule has 0 amide bonds. The number of rotatable bonds is 4. The van der Waals surface area contributed by atoms with Crippen molar-refractivity contribution in [3.05, 3.63) is 0 Å². The molecule has 0 aromatic rings. The van der Waals surface area contributed by atoms with Gasteiger partial charge in [0.2, 0.25) is 0 Å². The Bertz CT molecular complexity index is 276. The van der Waals surface area contributed by atoms with Gasteiger partial charge in [0.1, 0.15) is 0 Å². The number of guanidine groups is 1. The van der Waals surface area contributed by atoms with E-state index < -0.39 is 0 Å². The van der Waals surface area contributed by atoms with Crippen molar-refractivity contribution in [3.63, 3.8) is 0 Å². The maximum atomic E-state index is 5.91. The number of hydrogen-bond donors (Lipinski definition) is 1. The third-order valence-corrected chi connectivity index (χ3v) is 3.56. The summed E-state index contributed by atoms with van der Waals surface area (Å²) in [6.45, 7) is 6.66. The quantitative estimate of drug-likeness (QED) is 0.350. The second-order valence-electron chi connectivity index (χ2n) is 4.99. The minimum Gasteiger partial charge on any atom is -0.378 e. The molecule has 0 bridgehead atoms. The molecule has 1 heterocycles. The Morgan fingerprint density at radius 2 is 2.06 bits per heavy atom. The second kappa shape index (κ2) is 7.49. The van der Waals surface area contributed by atoms with Gasteiger partial charge >= 0.3 is 0 Å². The first kappa shape index (κ1) is 16.0. The van der Waals surface area contributed by atoms with Crippen LogP contribution in [-0.4, -0.2) is 55.9 Å². The van der Waals surface area contributed by atoms with Crippen LogP contribution in [0.5, 0.6) is 0 Å². The minimum absolute atomic E-state index is 0. The van der Waals surface area contributed by atoms with E-state index in [-0.39, 0.29) is 29.6 Å². The lowest BCUT2D eigenvalue weighted by molar-refractivity contribution is -0.0818. The van der Waals surface area contributed by atoms with Gasteiger partial charge in [0.25, 0.3) is 0 Å². The van der Waals surface area contributed by atoms with Crippen LogP contribution in [0.3, 0.4) is 0 Å². The standard InChI is InChI=1S/C12H23N3O2.HI/c1-12(3-2-4-12)17-8-5-14-11(13)15-6-9-16-10-7-15;/h2-10H2,1H3,(H2,13,14);1H. The smallest absolute Gasteiger partial charge is 0.191 e. The van der Waals surface area contributed by atoms with Crippen LogP contribution >= 0.6 is 24.0 Å². The lowest BCUT2D eigenvalue weighted by Crippen LogP contribution is -2.45. The molecule has 106 valence electrons. The van der Waals surface area contributed by atoms with E-state index >= 15 is 0 Å². The van der Waals surface area contributed by atoms with Crippen LogP contribution in [0.1, 0.15) is 26.2 Å². The Morgan fingerprint density at radius 1 is 1.39 bits per heavy atom. The van der Waals surface area contributed by atoms with Crippen LogP contribution < -0.4 is 5.73 Å². The van der Waals surface area contributed by atoms with Crippen LogP contribution in [-0.2, 0) is 9.47 Å². The number of nitrogens with two attached hydrogens (primary N) is 1. The van der Waals surface area contributed by atoms with Crippen molar-refractivity contribution in [2.45, 2.75) is 31.8 Å². The van der Waals surface area contributed by atoms with Gasteiger partial charge in [0.05, 0.1) is 32.0 Å². The van der Waals surface area contributed by atoms with Crippen LogP contribution in [0.2, 0.25) is 0 Å². The third kappa shape index (κ3) is 4.55. The molecule has 0 aromatic carbocycles. The van der Waals surface area contributed by atoms with E-state index in [0.29, 0.717) is 19.1 Å². The summed E-state index contributed by atoms with van der Waals surface area (Å²) in [5, 5.41) is 0. The summed E-state index contributed by atoms with van der Waals surface area (Å²) in [5.41, 5.74) is 6.02. The summed E-state index contributed by atoms with van der Waals surface area (Å²) in [7, 11) is 0. The summed E-state index contributed by atoms with van der Waals surface area (Å²) in [5.74, 6) is 0.621. The number of halogens is 1. The maximum absolute atomic E-state index is 5.91. The second-order valence-corrected chi connectivity index (χ2v) is 4.99. The monoisotopic (exact) mass is 369 g/mol. The zero-order chi connectivity index (χ0) is 12.1. The normalized spacial score (nSPS) is 23.2. The molecular weight excluding hydrogens is 345 g/mol. The third-order valence-electron chi connectivity index (χ3n) is 3.56. The Kier molecular flexibility index (Phi) is 6.65. The summed E-state index contributed by atoms with van der Waals surface area (Å²) in [6, 6.07) is 0. The van der Waals surface area contributed by atoms with E-state index in [9.17, 15) is 0 Å². The first-order valence-electron chi connectivity index (χ1n) is 6.46. The van der Waals surface area contributed by atoms with E-state index in [2.05, 4.69) is 16.8 Å². The molecule has 0 aromatic heterocycles. The fourth-order valence-electron chi connectivity index (χ4n) is 2.16. The molecule has 0 unspecified atom stereocenters. The van der Waals surface area contributed by atoms with E-state index in [1.54, 1.807) is 0 Å². The predicted molar refractivity (Wildman–Crippen MR) is 82.5 cm³/mol. The topological polar surface area (TPSA) is 60.1 Å². The van der Waals surface area contributed by atoms with Gasteiger partial charge in [0, 0.05) is 13.1 Å². The number of aliphatic imine (C=N–C) groups is 1. The summed E-state index contributed by atoms with van der Waals surface area (Å²) in [4.78, 5) is 6.41. The average Bonchev–Trinajstić information content (AvgIpc) is 2.33. The molecule has 1 aliphatic carbocycles. The molecule has 2 rings (SSSR count). The zero-order valence-electron chi connectivity index (χ0n) is 11.1. The van der Waals surface area contributed by atoms with Gasteiger partial charge in [0.15, 0.2) is 5.96 Å². The lowest BCUT2D eigenvalue weighted by atomic mass is 9.82. The number of morpholine rings is 1. The lowest BCUT2D eigenvalue weighted by Gasteiger charge is -2.38. The fourth-order valence-corrected chi connectivity index (χ4v) is 2.16. The molecule has 2 aliphatic rings. The molecule has 1 aliphatic heterocycles. The van der Waals surface area contributed by atoms with Crippen molar-refractivity contribution in [2.24, 2.45) is 10.7 Å². The van der Waals surface area contributed by atoms with E-state index in [1.807, 2.05) is 0 Å². The number of ether oxygens (including phenoxy) is 2. The molecule has 1 saturated heterocycles. The first-order chi connectivity index (χ1) is 8.20. The molecule has 18 heavy (non-hydrogen) atoms. The van der Waals surface area contributed by atoms with Gasteiger partial charge in [-0.3, -0.25) is 4.99 Å². The minimum atomic E-state index is 0. The maximum Gasteiger partial charge on any atom is 0.191 e. The summed E-state index contributed by atoms with van der Waals surface area (Å²) >= 11 is 0. The predicted octanol–water partition coefficient (Wildman–Crippen LogP) is 1.21. The fraction of sp³-hybridized carbons (Fsp3) is 0.917. The molecule has 5 nitrogen and oxygen atoms in total. The van der Waals surface area contributed by atoms with E-state index in [0.717, 1.165) is 26.3 Å². The Hall–Kier alpha value is -0.0800. The molecular formula is C12H24IN3O2. The molecule has 0 spiro atoms. The molecule has 6 heteroatoms. The van der Waals surface area contributed by atoms with Crippen molar-refractivity contribution in [3.8, 4) is 0 Å². The Balaban J connectivity index is 0.00000162. The van der Waals surface area contributed by atoms with Gasteiger partial charge in [-0.25, -0.2) is 0 Å². The van der Waals surface area contributed by atoms with Gasteiger partial charge in [-0.05, 0) is 26.2 Å². The highest BCUT2D eigenvalue weighted by molar-refractivity contribution is 14.0. The summed E-state index contributed by atoms with van der Waals surface area (Å²) in [6.07, 6.45) is 3.64. The van der Waals surface area contributed by atoms with Gasteiger partial charge in [-0.2, -0.15) is 0 Å². The Labute approximate surface area is 126 Å². The first-order valence-corrected chi connectivity index (χ1v) is 6.46. The van der Waals surface area contributed by atoms with Gasteiger partial charge in [-0.15, -0.1) is 24.0 Å². The SMILES string of the molecule is CC1(OCCN=C(N)N2CCOCC2)CCC1.I. The van der Waals surface area contributed by atoms with Gasteiger partial charge < -0.3 is 20.1 Å². The van der Waals surface area contributed by atoms with Crippen molar-refractivity contribution >= 4 is 29.9 Å². The van der Waals surface area contributed by atoms with Crippen LogP contribution in [0.25, 0.3) is 0 Å². The van der Waals surface area contributed by atoms with Crippen LogP contribution in [0.4, 0.5) is 0 Å². The highest BCUT2D eigenvalue weighted by atomic mass is 127. The Morgan fingerprint density at radius 3 is 2.61 bits per heavy atom. The van der Waals surface area contributed by atoms with Crippen molar-refractivity contribution in [1.82, 2.24) is 4.90 Å². The number of hydrogen-bond acceptors (Lipinski definition) is 3. The van der Waals surface area contributed by atoms with Gasteiger partial charge in [-0.1, -0.05) is 0 Å². The van der Waals surface area contributed by atoms with Crippen LogP contribution in [0, 0.1) is 0 Å². The van der Waals surface area contributed by atoms with E-state index in [1.165, 1.54) is 19.3 Å². The van der Waals surface area contributed by atoms with Crippen molar-refractivity contribution < 1.29 is 9.47 Å². The van der Waals surface area contributed by atoms with E-state index in [4.69, 9.17) is 15.2 Å². The molecule has 0 radical (unpaired) electrons. The molecule has 2 N–H and O–H groups in total. The molecule has 2 fully saturated rings. The zero-order valence-corrected chi connectivity index (χ0v) is 13.4. The average molecular weight is 369 g/mol.